The highest BCUT2D eigenvalue weighted by Gasteiger charge is 2.13. The van der Waals surface area contributed by atoms with E-state index in [-0.39, 0.29) is 29.0 Å². The smallest absolute Gasteiger partial charge is 0.307 e. The van der Waals surface area contributed by atoms with Crippen molar-refractivity contribution in [2.24, 2.45) is 0 Å². The van der Waals surface area contributed by atoms with Gasteiger partial charge in [0, 0.05) is 24.0 Å². The van der Waals surface area contributed by atoms with Crippen LogP contribution in [0.1, 0.15) is 30.6 Å². The number of benzene rings is 1. The first-order chi connectivity index (χ1) is 10.9. The van der Waals surface area contributed by atoms with Crippen LogP contribution in [-0.2, 0) is 11.3 Å². The Kier molecular flexibility index (Phi) is 5.54. The van der Waals surface area contributed by atoms with Crippen LogP contribution >= 0.6 is 11.3 Å². The summed E-state index contributed by atoms with van der Waals surface area (Å²) in [6.45, 7) is 3.95. The molecule has 0 aliphatic rings. The van der Waals surface area contributed by atoms with E-state index in [1.54, 1.807) is 22.9 Å². The van der Waals surface area contributed by atoms with E-state index in [1.807, 2.05) is 6.92 Å². The minimum atomic E-state index is -0.466. The lowest BCUT2D eigenvalue weighted by Crippen LogP contribution is -2.28. The number of methoxy groups -OCH3 is 1. The van der Waals surface area contributed by atoms with E-state index in [1.165, 1.54) is 19.2 Å². The molecular formula is C16H19FN2O3S. The van der Waals surface area contributed by atoms with Gasteiger partial charge in [0.25, 0.3) is 0 Å². The Bertz CT molecular complexity index is 754. The molecule has 23 heavy (non-hydrogen) atoms. The number of aryl methyl sites for hydroxylation is 1. The quantitative estimate of drug-likeness (QED) is 0.881. The highest BCUT2D eigenvalue weighted by Crippen LogP contribution is 2.21. The summed E-state index contributed by atoms with van der Waals surface area (Å²) in [6, 6.07) is 4.25. The van der Waals surface area contributed by atoms with E-state index in [9.17, 15) is 14.0 Å². The zero-order valence-corrected chi connectivity index (χ0v) is 14.1. The minimum absolute atomic E-state index is 0.0689. The SMILES string of the molecule is COc1ccc(C(C)NC(=O)CCn2c(C)csc2=O)cc1F. The third kappa shape index (κ3) is 4.19. The first kappa shape index (κ1) is 17.2. The average molecular weight is 338 g/mol. The Balaban J connectivity index is 1.94. The summed E-state index contributed by atoms with van der Waals surface area (Å²) in [5, 5.41) is 4.57. The number of aromatic nitrogens is 1. The number of amides is 1. The van der Waals surface area contributed by atoms with Crippen LogP contribution in [0.5, 0.6) is 5.75 Å². The molecule has 1 aromatic heterocycles. The molecule has 1 atom stereocenters. The molecule has 0 radical (unpaired) electrons. The molecule has 0 fully saturated rings. The fourth-order valence-corrected chi connectivity index (χ4v) is 3.00. The zero-order chi connectivity index (χ0) is 17.0. The minimum Gasteiger partial charge on any atom is -0.494 e. The lowest BCUT2D eigenvalue weighted by Gasteiger charge is -2.15. The van der Waals surface area contributed by atoms with Gasteiger partial charge in [-0.1, -0.05) is 17.4 Å². The van der Waals surface area contributed by atoms with Crippen molar-refractivity contribution in [3.8, 4) is 5.75 Å². The van der Waals surface area contributed by atoms with Crippen molar-refractivity contribution in [3.05, 3.63) is 50.3 Å². The van der Waals surface area contributed by atoms with E-state index < -0.39 is 5.82 Å². The maximum atomic E-state index is 13.7. The van der Waals surface area contributed by atoms with E-state index >= 15 is 0 Å². The second kappa shape index (κ2) is 7.41. The van der Waals surface area contributed by atoms with Crippen LogP contribution in [-0.4, -0.2) is 17.6 Å². The maximum absolute atomic E-state index is 13.7. The number of thiazole rings is 1. The van der Waals surface area contributed by atoms with Gasteiger partial charge in [-0.05, 0) is 31.5 Å². The predicted molar refractivity (Wildman–Crippen MR) is 87.4 cm³/mol. The number of hydrogen-bond donors (Lipinski definition) is 1. The van der Waals surface area contributed by atoms with Gasteiger partial charge in [-0.2, -0.15) is 0 Å². The summed E-state index contributed by atoms with van der Waals surface area (Å²) < 4.78 is 20.1. The Labute approximate surface area is 137 Å². The van der Waals surface area contributed by atoms with Crippen molar-refractivity contribution in [2.45, 2.75) is 32.9 Å². The lowest BCUT2D eigenvalue weighted by molar-refractivity contribution is -0.121. The normalized spacial score (nSPS) is 12.0. The fraction of sp³-hybridized carbons (Fsp3) is 0.375. The number of rotatable bonds is 6. The van der Waals surface area contributed by atoms with Gasteiger partial charge < -0.3 is 14.6 Å². The van der Waals surface area contributed by atoms with Crippen molar-refractivity contribution in [1.29, 1.82) is 0 Å². The molecule has 1 amide bonds. The van der Waals surface area contributed by atoms with Crippen LogP contribution in [0.15, 0.2) is 28.4 Å². The summed E-state index contributed by atoms with van der Waals surface area (Å²) in [4.78, 5) is 23.5. The third-order valence-corrected chi connectivity index (χ3v) is 4.47. The monoisotopic (exact) mass is 338 g/mol. The molecule has 124 valence electrons. The van der Waals surface area contributed by atoms with Crippen LogP contribution in [0.2, 0.25) is 0 Å². The number of carbonyl (C=O) groups is 1. The Hall–Kier alpha value is -2.15. The summed E-state index contributed by atoms with van der Waals surface area (Å²) in [6.07, 6.45) is 0.195. The topological polar surface area (TPSA) is 60.3 Å². The summed E-state index contributed by atoms with van der Waals surface area (Å²) in [5.41, 5.74) is 1.50. The first-order valence-electron chi connectivity index (χ1n) is 7.20. The molecule has 0 saturated heterocycles. The largest absolute Gasteiger partial charge is 0.494 e. The molecule has 0 saturated carbocycles. The maximum Gasteiger partial charge on any atom is 0.307 e. The Morgan fingerprint density at radius 3 is 2.78 bits per heavy atom. The van der Waals surface area contributed by atoms with Crippen molar-refractivity contribution in [1.82, 2.24) is 9.88 Å². The van der Waals surface area contributed by atoms with Gasteiger partial charge in [0.2, 0.25) is 5.91 Å². The van der Waals surface area contributed by atoms with Gasteiger partial charge >= 0.3 is 4.87 Å². The molecule has 0 spiro atoms. The van der Waals surface area contributed by atoms with Gasteiger partial charge in [0.05, 0.1) is 13.2 Å². The molecule has 7 heteroatoms. The van der Waals surface area contributed by atoms with Crippen LogP contribution in [0, 0.1) is 12.7 Å². The zero-order valence-electron chi connectivity index (χ0n) is 13.3. The second-order valence-electron chi connectivity index (χ2n) is 5.23. The summed E-state index contributed by atoms with van der Waals surface area (Å²) in [7, 11) is 1.40. The first-order valence-corrected chi connectivity index (χ1v) is 8.08. The second-order valence-corrected chi connectivity index (χ2v) is 6.05. The molecule has 0 bridgehead atoms. The van der Waals surface area contributed by atoms with E-state index in [0.717, 1.165) is 17.0 Å². The molecule has 1 unspecified atom stereocenters. The highest BCUT2D eigenvalue weighted by atomic mass is 32.1. The lowest BCUT2D eigenvalue weighted by atomic mass is 10.1. The van der Waals surface area contributed by atoms with E-state index in [4.69, 9.17) is 4.74 Å². The number of ether oxygens (including phenoxy) is 1. The van der Waals surface area contributed by atoms with Gasteiger partial charge in [0.1, 0.15) is 0 Å². The van der Waals surface area contributed by atoms with Crippen molar-refractivity contribution in [2.75, 3.05) is 7.11 Å². The summed E-state index contributed by atoms with van der Waals surface area (Å²) in [5.74, 6) is -0.489. The van der Waals surface area contributed by atoms with E-state index in [0.29, 0.717) is 12.1 Å². The van der Waals surface area contributed by atoms with E-state index in [2.05, 4.69) is 5.32 Å². The van der Waals surface area contributed by atoms with Gasteiger partial charge in [-0.25, -0.2) is 4.39 Å². The molecule has 0 aliphatic carbocycles. The number of nitrogens with one attached hydrogen (secondary N) is 1. The highest BCUT2D eigenvalue weighted by molar-refractivity contribution is 7.07. The Morgan fingerprint density at radius 2 is 2.22 bits per heavy atom. The van der Waals surface area contributed by atoms with Gasteiger partial charge in [-0.15, -0.1) is 0 Å². The number of nitrogens with zero attached hydrogens (tertiary/aromatic N) is 1. The van der Waals surface area contributed by atoms with Crippen LogP contribution in [0.4, 0.5) is 4.39 Å². The van der Waals surface area contributed by atoms with Crippen LogP contribution in [0.25, 0.3) is 0 Å². The predicted octanol–water partition coefficient (Wildman–Crippen LogP) is 2.63. The van der Waals surface area contributed by atoms with Gasteiger partial charge in [-0.3, -0.25) is 9.59 Å². The van der Waals surface area contributed by atoms with Crippen molar-refractivity contribution < 1.29 is 13.9 Å². The molecule has 1 aromatic carbocycles. The molecule has 1 heterocycles. The molecule has 1 N–H and O–H groups in total. The standard InChI is InChI=1S/C16H19FN2O3S/c1-10-9-23-16(21)19(10)7-6-15(20)18-11(2)12-4-5-14(22-3)13(17)8-12/h4-5,8-9,11H,6-7H2,1-3H3,(H,18,20). The average Bonchev–Trinajstić information content (AvgIpc) is 2.83. The number of carbonyl (C=O) groups excluding carboxylic acids is 1. The number of hydrogen-bond acceptors (Lipinski definition) is 4. The van der Waals surface area contributed by atoms with Crippen LogP contribution in [0.3, 0.4) is 0 Å². The molecule has 0 aliphatic heterocycles. The number of halogens is 1. The van der Waals surface area contributed by atoms with Crippen molar-refractivity contribution >= 4 is 17.2 Å². The molecular weight excluding hydrogens is 319 g/mol. The fourth-order valence-electron chi connectivity index (χ4n) is 2.24. The molecule has 2 rings (SSSR count). The Morgan fingerprint density at radius 1 is 1.48 bits per heavy atom. The summed E-state index contributed by atoms with van der Waals surface area (Å²) >= 11 is 1.12. The molecule has 2 aromatic rings. The van der Waals surface area contributed by atoms with Gasteiger partial charge in [0.15, 0.2) is 11.6 Å². The molecule has 5 nitrogen and oxygen atoms in total. The van der Waals surface area contributed by atoms with Crippen LogP contribution < -0.4 is 14.9 Å². The van der Waals surface area contributed by atoms with Crippen molar-refractivity contribution in [3.63, 3.8) is 0 Å². The third-order valence-electron chi connectivity index (χ3n) is 3.59.